The second kappa shape index (κ2) is 5.14. The van der Waals surface area contributed by atoms with Crippen molar-refractivity contribution in [2.24, 2.45) is 7.05 Å². The van der Waals surface area contributed by atoms with Gasteiger partial charge in [-0.25, -0.2) is 0 Å². The molecule has 7 heteroatoms. The fourth-order valence-corrected chi connectivity index (χ4v) is 1.88. The predicted octanol–water partition coefficient (Wildman–Crippen LogP) is 3.38. The molecule has 0 bridgehead atoms. The van der Waals surface area contributed by atoms with Crippen LogP contribution in [0.4, 0.5) is 13.2 Å². The van der Waals surface area contributed by atoms with Crippen molar-refractivity contribution in [1.82, 2.24) is 14.8 Å². The molecule has 0 amide bonds. The van der Waals surface area contributed by atoms with E-state index in [4.69, 9.17) is 4.74 Å². The van der Waals surface area contributed by atoms with Gasteiger partial charge in [-0.05, 0) is 32.0 Å². The third-order valence-electron chi connectivity index (χ3n) is 3.36. The molecule has 0 aliphatic heterocycles. The normalized spacial score (nSPS) is 12.7. The topological polar surface area (TPSA) is 39.9 Å². The quantitative estimate of drug-likeness (QED) is 0.872. The lowest BCUT2D eigenvalue weighted by Crippen LogP contribution is -2.20. The summed E-state index contributed by atoms with van der Waals surface area (Å²) in [5.74, 6) is 0. The number of aryl methyl sites for hydroxylation is 1. The molecule has 0 N–H and O–H groups in total. The molecule has 2 rings (SSSR count). The van der Waals surface area contributed by atoms with E-state index in [1.165, 1.54) is 17.9 Å². The number of aromatic nitrogens is 3. The van der Waals surface area contributed by atoms with Crippen LogP contribution >= 0.6 is 0 Å². The van der Waals surface area contributed by atoms with Gasteiger partial charge in [-0.2, -0.15) is 18.3 Å². The second-order valence-corrected chi connectivity index (χ2v) is 5.18. The fraction of sp³-hybridized carbons (Fsp3) is 0.429. The van der Waals surface area contributed by atoms with E-state index in [2.05, 4.69) is 10.1 Å². The van der Waals surface area contributed by atoms with Gasteiger partial charge >= 0.3 is 6.18 Å². The number of nitrogens with zero attached hydrogens (tertiary/aromatic N) is 3. The zero-order valence-corrected chi connectivity index (χ0v) is 12.2. The molecule has 0 aliphatic carbocycles. The summed E-state index contributed by atoms with van der Waals surface area (Å²) in [7, 11) is 3.05. The van der Waals surface area contributed by atoms with Crippen molar-refractivity contribution in [3.8, 4) is 11.3 Å². The van der Waals surface area contributed by atoms with Gasteiger partial charge in [0.2, 0.25) is 0 Å². The minimum absolute atomic E-state index is 0.358. The summed E-state index contributed by atoms with van der Waals surface area (Å²) in [6.07, 6.45) is -2.94. The minimum Gasteiger partial charge on any atom is -0.373 e. The average molecular weight is 299 g/mol. The van der Waals surface area contributed by atoms with Crippen molar-refractivity contribution < 1.29 is 17.9 Å². The van der Waals surface area contributed by atoms with E-state index < -0.39 is 17.5 Å². The van der Waals surface area contributed by atoms with Gasteiger partial charge in [-0.15, -0.1) is 0 Å². The summed E-state index contributed by atoms with van der Waals surface area (Å²) >= 11 is 0. The molecule has 0 spiro atoms. The smallest absolute Gasteiger partial charge is 0.373 e. The maximum Gasteiger partial charge on any atom is 0.435 e. The first-order valence-corrected chi connectivity index (χ1v) is 6.28. The fourth-order valence-electron chi connectivity index (χ4n) is 1.88. The van der Waals surface area contributed by atoms with Gasteiger partial charge in [0.25, 0.3) is 0 Å². The highest BCUT2D eigenvalue weighted by Gasteiger charge is 2.34. The average Bonchev–Trinajstić information content (AvgIpc) is 2.81. The lowest BCUT2D eigenvalue weighted by molar-refractivity contribution is -0.141. The maximum absolute atomic E-state index is 12.7. The third-order valence-corrected chi connectivity index (χ3v) is 3.36. The zero-order chi connectivity index (χ0) is 15.8. The lowest BCUT2D eigenvalue weighted by atomic mass is 10.0. The molecule has 4 nitrogen and oxygen atoms in total. The van der Waals surface area contributed by atoms with Crippen molar-refractivity contribution in [2.45, 2.75) is 25.6 Å². The molecule has 2 aromatic rings. The van der Waals surface area contributed by atoms with Gasteiger partial charge in [0.05, 0.1) is 11.4 Å². The van der Waals surface area contributed by atoms with Crippen LogP contribution in [0.1, 0.15) is 25.2 Å². The second-order valence-electron chi connectivity index (χ2n) is 5.18. The van der Waals surface area contributed by atoms with Crippen LogP contribution in [-0.4, -0.2) is 21.9 Å². The van der Waals surface area contributed by atoms with Crippen LogP contribution in [0.3, 0.4) is 0 Å². The number of ether oxygens (including phenoxy) is 1. The van der Waals surface area contributed by atoms with E-state index in [0.717, 1.165) is 6.07 Å². The first-order valence-electron chi connectivity index (χ1n) is 6.28. The molecule has 0 aliphatic rings. The molecular formula is C14H16F3N3O. The van der Waals surface area contributed by atoms with Crippen LogP contribution in [0.2, 0.25) is 0 Å². The molecule has 0 aromatic carbocycles. The number of pyridine rings is 1. The number of hydrogen-bond acceptors (Lipinski definition) is 3. The Kier molecular flexibility index (Phi) is 3.79. The molecule has 0 fully saturated rings. The maximum atomic E-state index is 12.7. The molecule has 2 heterocycles. The van der Waals surface area contributed by atoms with Crippen LogP contribution in [-0.2, 0) is 23.6 Å². The van der Waals surface area contributed by atoms with Gasteiger partial charge < -0.3 is 4.74 Å². The highest BCUT2D eigenvalue weighted by atomic mass is 19.4. The lowest BCUT2D eigenvalue weighted by Gasteiger charge is -2.22. The molecule has 0 atom stereocenters. The van der Waals surface area contributed by atoms with E-state index in [0.29, 0.717) is 17.0 Å². The van der Waals surface area contributed by atoms with E-state index in [9.17, 15) is 13.2 Å². The Morgan fingerprint density at radius 1 is 1.14 bits per heavy atom. The van der Waals surface area contributed by atoms with Crippen LogP contribution in [0.15, 0.2) is 24.4 Å². The number of hydrogen-bond donors (Lipinski definition) is 0. The molecule has 0 radical (unpaired) electrons. The Morgan fingerprint density at radius 3 is 2.24 bits per heavy atom. The highest BCUT2D eigenvalue weighted by Crippen LogP contribution is 2.31. The molecule has 0 saturated heterocycles. The van der Waals surface area contributed by atoms with E-state index in [1.807, 2.05) is 13.8 Å². The molecular weight excluding hydrogens is 283 g/mol. The predicted molar refractivity (Wildman–Crippen MR) is 71.5 cm³/mol. The largest absolute Gasteiger partial charge is 0.435 e. The Bertz CT molecular complexity index is 630. The molecule has 114 valence electrons. The summed E-state index contributed by atoms with van der Waals surface area (Å²) in [6, 6.07) is 4.46. The van der Waals surface area contributed by atoms with Crippen molar-refractivity contribution in [1.29, 1.82) is 0 Å². The standard InChI is InChI=1S/C14H16F3N3O/c1-13(2,21-4)11-6-5-9(8-18-11)10-7-12(14(15,16)17)19-20(10)3/h5-8H,1-4H3. The van der Waals surface area contributed by atoms with Gasteiger partial charge in [-0.3, -0.25) is 9.67 Å². The van der Waals surface area contributed by atoms with Crippen molar-refractivity contribution in [2.75, 3.05) is 7.11 Å². The van der Waals surface area contributed by atoms with Gasteiger partial charge in [0, 0.05) is 25.9 Å². The summed E-state index contributed by atoms with van der Waals surface area (Å²) in [6.45, 7) is 3.72. The van der Waals surface area contributed by atoms with E-state index in [1.54, 1.807) is 19.2 Å². The summed E-state index contributed by atoms with van der Waals surface area (Å²) in [5.41, 5.74) is 0.156. The van der Waals surface area contributed by atoms with Crippen LogP contribution in [0, 0.1) is 0 Å². The summed E-state index contributed by atoms with van der Waals surface area (Å²) in [4.78, 5) is 4.26. The summed E-state index contributed by atoms with van der Waals surface area (Å²) in [5, 5.41) is 3.48. The van der Waals surface area contributed by atoms with Crippen molar-refractivity contribution in [3.05, 3.63) is 35.8 Å². The number of halogens is 3. The first-order chi connectivity index (χ1) is 9.65. The molecule has 2 aromatic heterocycles. The zero-order valence-electron chi connectivity index (χ0n) is 12.2. The van der Waals surface area contributed by atoms with Crippen LogP contribution in [0.25, 0.3) is 11.3 Å². The SMILES string of the molecule is COC(C)(C)c1ccc(-c2cc(C(F)(F)F)nn2C)cn1. The minimum atomic E-state index is -4.46. The Balaban J connectivity index is 2.38. The van der Waals surface area contributed by atoms with Crippen LogP contribution < -0.4 is 0 Å². The first kappa shape index (κ1) is 15.5. The molecule has 0 saturated carbocycles. The number of rotatable bonds is 3. The van der Waals surface area contributed by atoms with Gasteiger partial charge in [0.1, 0.15) is 5.60 Å². The van der Waals surface area contributed by atoms with Gasteiger partial charge in [-0.1, -0.05) is 0 Å². The monoisotopic (exact) mass is 299 g/mol. The van der Waals surface area contributed by atoms with Crippen molar-refractivity contribution in [3.63, 3.8) is 0 Å². The van der Waals surface area contributed by atoms with Crippen LogP contribution in [0.5, 0.6) is 0 Å². The number of methoxy groups -OCH3 is 1. The third kappa shape index (κ3) is 3.07. The highest BCUT2D eigenvalue weighted by molar-refractivity contribution is 5.59. The van der Waals surface area contributed by atoms with Crippen molar-refractivity contribution >= 4 is 0 Å². The Hall–Kier alpha value is -1.89. The Morgan fingerprint density at radius 2 is 1.81 bits per heavy atom. The number of alkyl halides is 3. The summed E-state index contributed by atoms with van der Waals surface area (Å²) < 4.78 is 44.5. The van der Waals surface area contributed by atoms with E-state index >= 15 is 0 Å². The van der Waals surface area contributed by atoms with Gasteiger partial charge in [0.15, 0.2) is 5.69 Å². The Labute approximate surface area is 120 Å². The van der Waals surface area contributed by atoms with E-state index in [-0.39, 0.29) is 0 Å². The molecule has 0 unspecified atom stereocenters. The molecule has 21 heavy (non-hydrogen) atoms.